The summed E-state index contributed by atoms with van der Waals surface area (Å²) in [5, 5.41) is 0.675. The van der Waals surface area contributed by atoms with E-state index in [1.807, 2.05) is 0 Å². The van der Waals surface area contributed by atoms with Crippen molar-refractivity contribution in [2.24, 2.45) is 0 Å². The van der Waals surface area contributed by atoms with Crippen molar-refractivity contribution in [1.82, 2.24) is 19.9 Å². The molecule has 0 aliphatic heterocycles. The molecule has 0 fully saturated rings. The second-order valence-electron chi connectivity index (χ2n) is 4.79. The lowest BCUT2D eigenvalue weighted by atomic mass is 10.1. The molecule has 8 heteroatoms. The van der Waals surface area contributed by atoms with Gasteiger partial charge in [0.25, 0.3) is 0 Å². The summed E-state index contributed by atoms with van der Waals surface area (Å²) in [5.74, 6) is -0.223. The van der Waals surface area contributed by atoms with Crippen LogP contribution < -0.4 is 0 Å². The van der Waals surface area contributed by atoms with Gasteiger partial charge in [-0.05, 0) is 19.1 Å². The van der Waals surface area contributed by atoms with E-state index in [1.54, 1.807) is 37.5 Å². The maximum absolute atomic E-state index is 12.3. The van der Waals surface area contributed by atoms with Crippen LogP contribution in [0.2, 0.25) is 0 Å². The first-order chi connectivity index (χ1) is 11.7. The molecule has 122 valence electrons. The third-order valence-corrected chi connectivity index (χ3v) is 4.24. The van der Waals surface area contributed by atoms with Gasteiger partial charge in [-0.2, -0.15) is 0 Å². The van der Waals surface area contributed by atoms with Crippen LogP contribution in [0.25, 0.3) is 11.2 Å². The Balaban J connectivity index is 1.67. The van der Waals surface area contributed by atoms with E-state index < -0.39 is 5.97 Å². The number of hydrogen-bond acceptors (Lipinski definition) is 7. The van der Waals surface area contributed by atoms with Crippen molar-refractivity contribution in [3.8, 4) is 0 Å². The van der Waals surface area contributed by atoms with Gasteiger partial charge in [0.15, 0.2) is 11.4 Å². The minimum atomic E-state index is -0.395. The third kappa shape index (κ3) is 3.43. The SMILES string of the molecule is CCOC(=O)c1ccc(C(=O)CSc2ncnc3nc[nH]c23)cc1. The number of benzene rings is 1. The van der Waals surface area contributed by atoms with Crippen LogP contribution in [-0.2, 0) is 4.74 Å². The topological polar surface area (TPSA) is 97.8 Å². The molecule has 0 spiro atoms. The molecule has 0 atom stereocenters. The second-order valence-corrected chi connectivity index (χ2v) is 5.75. The molecule has 3 rings (SSSR count). The largest absolute Gasteiger partial charge is 0.462 e. The third-order valence-electron chi connectivity index (χ3n) is 3.25. The highest BCUT2D eigenvalue weighted by molar-refractivity contribution is 8.00. The first-order valence-electron chi connectivity index (χ1n) is 7.26. The standard InChI is InChI=1S/C16H14N4O3S/c1-2-23-16(22)11-5-3-10(4-6-11)12(21)7-24-15-13-14(18-8-17-13)19-9-20-15/h3-6,8-9H,2,7H2,1H3,(H,17,18,19,20). The van der Waals surface area contributed by atoms with Crippen LogP contribution in [0.15, 0.2) is 41.9 Å². The van der Waals surface area contributed by atoms with Gasteiger partial charge < -0.3 is 9.72 Å². The van der Waals surface area contributed by atoms with Crippen LogP contribution >= 0.6 is 11.8 Å². The number of Topliss-reactive ketones (excluding diaryl/α,β-unsaturated/α-hetero) is 1. The number of imidazole rings is 1. The molecule has 0 saturated carbocycles. The number of thioether (sulfide) groups is 1. The highest BCUT2D eigenvalue weighted by atomic mass is 32.2. The number of aromatic amines is 1. The Morgan fingerprint density at radius 1 is 1.12 bits per heavy atom. The molecule has 0 aliphatic carbocycles. The first kappa shape index (κ1) is 16.1. The summed E-state index contributed by atoms with van der Waals surface area (Å²) in [4.78, 5) is 39.1. The molecule has 2 heterocycles. The zero-order chi connectivity index (χ0) is 16.9. The number of carbonyl (C=O) groups excluding carboxylic acids is 2. The lowest BCUT2D eigenvalue weighted by molar-refractivity contribution is 0.0526. The molecule has 0 amide bonds. The summed E-state index contributed by atoms with van der Waals surface area (Å²) < 4.78 is 4.92. The number of ketones is 1. The van der Waals surface area contributed by atoms with Crippen molar-refractivity contribution < 1.29 is 14.3 Å². The van der Waals surface area contributed by atoms with E-state index in [0.29, 0.717) is 33.9 Å². The van der Waals surface area contributed by atoms with E-state index in [4.69, 9.17) is 4.74 Å². The predicted octanol–water partition coefficient (Wildman–Crippen LogP) is 2.50. The minimum Gasteiger partial charge on any atom is -0.462 e. The van der Waals surface area contributed by atoms with Crippen LogP contribution in [0.4, 0.5) is 0 Å². The zero-order valence-electron chi connectivity index (χ0n) is 12.9. The Kier molecular flexibility index (Phi) is 4.85. The normalized spacial score (nSPS) is 10.7. The molecule has 2 aromatic heterocycles. The van der Waals surface area contributed by atoms with Crippen LogP contribution in [0.1, 0.15) is 27.6 Å². The summed E-state index contributed by atoms with van der Waals surface area (Å²) in [7, 11) is 0. The Bertz CT molecular complexity index is 876. The van der Waals surface area contributed by atoms with Crippen molar-refractivity contribution in [1.29, 1.82) is 0 Å². The number of aromatic nitrogens is 4. The van der Waals surface area contributed by atoms with Gasteiger partial charge in [-0.1, -0.05) is 23.9 Å². The fourth-order valence-electron chi connectivity index (χ4n) is 2.08. The number of ether oxygens (including phenoxy) is 1. The molecule has 7 nitrogen and oxygen atoms in total. The number of fused-ring (bicyclic) bond motifs is 1. The van der Waals surface area contributed by atoms with Crippen LogP contribution in [-0.4, -0.2) is 44.0 Å². The van der Waals surface area contributed by atoms with E-state index in [9.17, 15) is 9.59 Å². The van der Waals surface area contributed by atoms with Crippen molar-refractivity contribution in [2.75, 3.05) is 12.4 Å². The van der Waals surface area contributed by atoms with E-state index in [2.05, 4.69) is 19.9 Å². The molecule has 0 bridgehead atoms. The van der Waals surface area contributed by atoms with Crippen molar-refractivity contribution >= 4 is 34.7 Å². The molecule has 0 saturated heterocycles. The zero-order valence-corrected chi connectivity index (χ0v) is 13.7. The number of H-pyrrole nitrogens is 1. The van der Waals surface area contributed by atoms with Gasteiger partial charge in [0, 0.05) is 5.56 Å². The number of hydrogen-bond donors (Lipinski definition) is 1. The summed E-state index contributed by atoms with van der Waals surface area (Å²) in [6.07, 6.45) is 2.96. The van der Waals surface area contributed by atoms with Gasteiger partial charge in [0.2, 0.25) is 0 Å². The highest BCUT2D eigenvalue weighted by Gasteiger charge is 2.12. The molecule has 24 heavy (non-hydrogen) atoms. The van der Waals surface area contributed by atoms with Gasteiger partial charge in [-0.15, -0.1) is 0 Å². The molecule has 1 aromatic carbocycles. The minimum absolute atomic E-state index is 0.0540. The summed E-state index contributed by atoms with van der Waals surface area (Å²) in [5.41, 5.74) is 2.24. The van der Waals surface area contributed by atoms with Gasteiger partial charge in [0.05, 0.1) is 24.3 Å². The van der Waals surface area contributed by atoms with Crippen molar-refractivity contribution in [2.45, 2.75) is 11.9 Å². The van der Waals surface area contributed by atoms with E-state index >= 15 is 0 Å². The molecule has 3 aromatic rings. The molecule has 0 radical (unpaired) electrons. The van der Waals surface area contributed by atoms with Gasteiger partial charge in [-0.3, -0.25) is 4.79 Å². The molecule has 0 aliphatic rings. The maximum Gasteiger partial charge on any atom is 0.338 e. The number of nitrogens with one attached hydrogen (secondary N) is 1. The van der Waals surface area contributed by atoms with E-state index in [-0.39, 0.29) is 11.5 Å². The number of carbonyl (C=O) groups is 2. The highest BCUT2D eigenvalue weighted by Crippen LogP contribution is 2.22. The fraction of sp³-hybridized carbons (Fsp3) is 0.188. The number of esters is 1. The summed E-state index contributed by atoms with van der Waals surface area (Å²) in [6, 6.07) is 6.43. The van der Waals surface area contributed by atoms with E-state index in [1.165, 1.54) is 18.1 Å². The lowest BCUT2D eigenvalue weighted by Gasteiger charge is -2.04. The Labute approximate surface area is 141 Å². The van der Waals surface area contributed by atoms with E-state index in [0.717, 1.165) is 0 Å². The fourth-order valence-corrected chi connectivity index (χ4v) is 2.93. The Morgan fingerprint density at radius 2 is 1.88 bits per heavy atom. The predicted molar refractivity (Wildman–Crippen MR) is 89.1 cm³/mol. The van der Waals surface area contributed by atoms with Crippen molar-refractivity contribution in [3.05, 3.63) is 48.0 Å². The maximum atomic E-state index is 12.3. The van der Waals surface area contributed by atoms with Gasteiger partial charge >= 0.3 is 5.97 Å². The Morgan fingerprint density at radius 3 is 2.62 bits per heavy atom. The van der Waals surface area contributed by atoms with Crippen LogP contribution in [0.5, 0.6) is 0 Å². The van der Waals surface area contributed by atoms with Crippen molar-refractivity contribution in [3.63, 3.8) is 0 Å². The monoisotopic (exact) mass is 342 g/mol. The quantitative estimate of drug-likeness (QED) is 0.318. The first-order valence-corrected chi connectivity index (χ1v) is 8.25. The Hall–Kier alpha value is -2.74. The average molecular weight is 342 g/mol. The number of nitrogens with zero attached hydrogens (tertiary/aromatic N) is 3. The van der Waals surface area contributed by atoms with Crippen LogP contribution in [0, 0.1) is 0 Å². The van der Waals surface area contributed by atoms with Gasteiger partial charge in [-0.25, -0.2) is 19.7 Å². The molecule has 1 N–H and O–H groups in total. The van der Waals surface area contributed by atoms with Gasteiger partial charge in [0.1, 0.15) is 16.9 Å². The average Bonchev–Trinajstić information content (AvgIpc) is 3.09. The second kappa shape index (κ2) is 7.22. The van der Waals surface area contributed by atoms with Crippen LogP contribution in [0.3, 0.4) is 0 Å². The lowest BCUT2D eigenvalue weighted by Crippen LogP contribution is -2.06. The summed E-state index contributed by atoms with van der Waals surface area (Å²) in [6.45, 7) is 2.06. The molecular formula is C16H14N4O3S. The smallest absolute Gasteiger partial charge is 0.338 e. The number of rotatable bonds is 6. The molecular weight excluding hydrogens is 328 g/mol. The summed E-state index contributed by atoms with van der Waals surface area (Å²) >= 11 is 1.31. The molecule has 0 unspecified atom stereocenters.